The summed E-state index contributed by atoms with van der Waals surface area (Å²) in [6.45, 7) is 11.4. The van der Waals surface area contributed by atoms with Gasteiger partial charge in [-0.3, -0.25) is 14.6 Å². The van der Waals surface area contributed by atoms with Crippen molar-refractivity contribution in [1.29, 1.82) is 0 Å². The maximum atomic E-state index is 11.4. The molecule has 0 aliphatic carbocycles. The molecule has 0 N–H and O–H groups in total. The number of thiophene rings is 1. The lowest BCUT2D eigenvalue weighted by molar-refractivity contribution is -0.0162. The summed E-state index contributed by atoms with van der Waals surface area (Å²) in [4.78, 5) is 20.3. The van der Waals surface area contributed by atoms with E-state index in [4.69, 9.17) is 0 Å². The van der Waals surface area contributed by atoms with E-state index in [0.717, 1.165) is 36.5 Å². The van der Waals surface area contributed by atoms with Crippen molar-refractivity contribution in [2.24, 2.45) is 5.92 Å². The van der Waals surface area contributed by atoms with Crippen LogP contribution in [0.15, 0.2) is 11.4 Å². The maximum Gasteiger partial charge on any atom is 0.169 e. The van der Waals surface area contributed by atoms with Crippen LogP contribution in [0.2, 0.25) is 0 Å². The second kappa shape index (κ2) is 6.63. The van der Waals surface area contributed by atoms with Gasteiger partial charge < -0.3 is 4.90 Å². The molecule has 4 saturated heterocycles. The van der Waals surface area contributed by atoms with Crippen molar-refractivity contribution in [3.8, 4) is 0 Å². The van der Waals surface area contributed by atoms with E-state index in [2.05, 4.69) is 26.1 Å². The van der Waals surface area contributed by atoms with E-state index < -0.39 is 0 Å². The number of carbonyl (C=O) groups is 1. The summed E-state index contributed by atoms with van der Waals surface area (Å²) < 4.78 is 0. The standard InChI is InChI=1S/C18H27N3OS/c1-14(22)18-10-15(13-23-18)11-20-6-8-21(9-7-20)17-12-19-4-2-16(17)3-5-19/h10,13,16-17H,2-9,11-12H2,1H3/t17-/m0/s1. The van der Waals surface area contributed by atoms with Crippen LogP contribution in [0, 0.1) is 5.92 Å². The molecule has 4 aliphatic rings. The quantitative estimate of drug-likeness (QED) is 0.789. The molecule has 0 radical (unpaired) electrons. The summed E-state index contributed by atoms with van der Waals surface area (Å²) in [7, 11) is 0. The van der Waals surface area contributed by atoms with Crippen molar-refractivity contribution in [2.45, 2.75) is 32.4 Å². The zero-order valence-corrected chi connectivity index (χ0v) is 14.9. The Hall–Kier alpha value is -0.750. The van der Waals surface area contributed by atoms with Gasteiger partial charge in [0.2, 0.25) is 0 Å². The third-order valence-electron chi connectivity index (χ3n) is 5.90. The van der Waals surface area contributed by atoms with Crippen molar-refractivity contribution < 1.29 is 4.79 Å². The van der Waals surface area contributed by atoms with E-state index in [1.54, 1.807) is 18.3 Å². The number of ketones is 1. The second-order valence-electron chi connectivity index (χ2n) is 7.39. The van der Waals surface area contributed by atoms with Gasteiger partial charge in [-0.2, -0.15) is 0 Å². The molecule has 0 saturated carbocycles. The SMILES string of the molecule is CC(=O)c1cc(CN2CCN([C@H]3CN4CCC3CC4)CC2)cs1. The van der Waals surface area contributed by atoms with Crippen molar-refractivity contribution in [1.82, 2.24) is 14.7 Å². The second-order valence-corrected chi connectivity index (χ2v) is 8.30. The van der Waals surface area contributed by atoms with E-state index in [-0.39, 0.29) is 5.78 Å². The van der Waals surface area contributed by atoms with Crippen LogP contribution in [0.1, 0.15) is 35.0 Å². The Morgan fingerprint density at radius 1 is 1.17 bits per heavy atom. The third kappa shape index (κ3) is 3.38. The number of carbonyl (C=O) groups excluding carboxylic acids is 1. The third-order valence-corrected chi connectivity index (χ3v) is 6.98. The Morgan fingerprint density at radius 2 is 1.91 bits per heavy atom. The molecule has 0 unspecified atom stereocenters. The zero-order chi connectivity index (χ0) is 15.8. The molecular weight excluding hydrogens is 306 g/mol. The van der Waals surface area contributed by atoms with Gasteiger partial charge in [-0.25, -0.2) is 0 Å². The van der Waals surface area contributed by atoms with E-state index >= 15 is 0 Å². The van der Waals surface area contributed by atoms with Gasteiger partial charge in [0.05, 0.1) is 4.88 Å². The number of piperidine rings is 3. The van der Waals surface area contributed by atoms with Crippen LogP contribution in [0.25, 0.3) is 0 Å². The smallest absolute Gasteiger partial charge is 0.169 e. The fraction of sp³-hybridized carbons (Fsp3) is 0.722. The van der Waals surface area contributed by atoms with Crippen LogP contribution < -0.4 is 0 Å². The molecular formula is C18H27N3OS. The molecule has 23 heavy (non-hydrogen) atoms. The Balaban J connectivity index is 1.29. The zero-order valence-electron chi connectivity index (χ0n) is 14.0. The number of fused-ring (bicyclic) bond motifs is 3. The molecule has 5 rings (SSSR count). The average Bonchev–Trinajstić information content (AvgIpc) is 3.05. The summed E-state index contributed by atoms with van der Waals surface area (Å²) in [6.07, 6.45) is 2.82. The molecule has 1 aromatic rings. The fourth-order valence-corrected chi connectivity index (χ4v) is 5.31. The first-order chi connectivity index (χ1) is 11.2. The van der Waals surface area contributed by atoms with Crippen LogP contribution in [0.3, 0.4) is 0 Å². The van der Waals surface area contributed by atoms with Gasteiger partial charge >= 0.3 is 0 Å². The number of hydrogen-bond acceptors (Lipinski definition) is 5. The minimum absolute atomic E-state index is 0.188. The first kappa shape index (κ1) is 15.8. The molecule has 0 amide bonds. The highest BCUT2D eigenvalue weighted by molar-refractivity contribution is 7.12. The monoisotopic (exact) mass is 333 g/mol. The highest BCUT2D eigenvalue weighted by Gasteiger charge is 2.38. The summed E-state index contributed by atoms with van der Waals surface area (Å²) in [5.41, 5.74) is 1.30. The minimum atomic E-state index is 0.188. The number of nitrogens with zero attached hydrogens (tertiary/aromatic N) is 3. The number of rotatable bonds is 4. The molecule has 1 atom stereocenters. The van der Waals surface area contributed by atoms with E-state index in [0.29, 0.717) is 0 Å². The number of piperazine rings is 1. The van der Waals surface area contributed by atoms with Crippen LogP contribution in [0.5, 0.6) is 0 Å². The fourth-order valence-electron chi connectivity index (χ4n) is 4.50. The largest absolute Gasteiger partial charge is 0.302 e. The van der Waals surface area contributed by atoms with E-state index in [1.165, 1.54) is 51.1 Å². The molecule has 4 fully saturated rings. The number of Topliss-reactive ketones (excluding diaryl/α,β-unsaturated/α-hetero) is 1. The molecule has 2 bridgehead atoms. The molecule has 0 spiro atoms. The minimum Gasteiger partial charge on any atom is -0.302 e. The average molecular weight is 334 g/mol. The Kier molecular flexibility index (Phi) is 4.54. The van der Waals surface area contributed by atoms with Crippen molar-refractivity contribution in [2.75, 3.05) is 45.8 Å². The van der Waals surface area contributed by atoms with Gasteiger partial charge in [0.15, 0.2) is 5.78 Å². The molecule has 5 heterocycles. The number of hydrogen-bond donors (Lipinski definition) is 0. The predicted molar refractivity (Wildman–Crippen MR) is 94.1 cm³/mol. The highest BCUT2D eigenvalue weighted by atomic mass is 32.1. The van der Waals surface area contributed by atoms with Crippen LogP contribution in [-0.4, -0.2) is 72.3 Å². The predicted octanol–water partition coefficient (Wildman–Crippen LogP) is 2.16. The van der Waals surface area contributed by atoms with Crippen molar-refractivity contribution in [3.63, 3.8) is 0 Å². The summed E-state index contributed by atoms with van der Waals surface area (Å²) in [6, 6.07) is 2.89. The lowest BCUT2D eigenvalue weighted by Crippen LogP contribution is -2.60. The first-order valence-electron chi connectivity index (χ1n) is 8.96. The Labute approximate surface area is 143 Å². The van der Waals surface area contributed by atoms with Crippen LogP contribution >= 0.6 is 11.3 Å². The van der Waals surface area contributed by atoms with E-state index in [9.17, 15) is 4.79 Å². The van der Waals surface area contributed by atoms with Gasteiger partial charge in [0, 0.05) is 45.3 Å². The van der Waals surface area contributed by atoms with Crippen molar-refractivity contribution >= 4 is 17.1 Å². The summed E-state index contributed by atoms with van der Waals surface area (Å²) >= 11 is 1.59. The molecule has 4 aliphatic heterocycles. The molecule has 5 heteroatoms. The molecule has 4 nitrogen and oxygen atoms in total. The van der Waals surface area contributed by atoms with Gasteiger partial charge in [-0.1, -0.05) is 0 Å². The van der Waals surface area contributed by atoms with Crippen LogP contribution in [-0.2, 0) is 6.54 Å². The first-order valence-corrected chi connectivity index (χ1v) is 9.84. The lowest BCUT2D eigenvalue weighted by atomic mass is 9.83. The summed E-state index contributed by atoms with van der Waals surface area (Å²) in [5, 5.41) is 2.15. The van der Waals surface area contributed by atoms with Crippen LogP contribution in [0.4, 0.5) is 0 Å². The van der Waals surface area contributed by atoms with Crippen molar-refractivity contribution in [3.05, 3.63) is 21.9 Å². The Morgan fingerprint density at radius 3 is 2.48 bits per heavy atom. The molecule has 126 valence electrons. The topological polar surface area (TPSA) is 26.8 Å². The highest BCUT2D eigenvalue weighted by Crippen LogP contribution is 2.31. The molecule has 0 aromatic carbocycles. The van der Waals surface area contributed by atoms with E-state index in [1.807, 2.05) is 0 Å². The van der Waals surface area contributed by atoms with Gasteiger partial charge in [-0.15, -0.1) is 11.3 Å². The Bertz CT molecular complexity index is 556. The van der Waals surface area contributed by atoms with Gasteiger partial charge in [-0.05, 0) is 55.8 Å². The summed E-state index contributed by atoms with van der Waals surface area (Å²) in [5.74, 6) is 1.13. The van der Waals surface area contributed by atoms with Gasteiger partial charge in [0.1, 0.15) is 0 Å². The maximum absolute atomic E-state index is 11.4. The molecule has 1 aromatic heterocycles. The lowest BCUT2D eigenvalue weighted by Gasteiger charge is -2.51. The normalized spacial score (nSPS) is 32.3. The van der Waals surface area contributed by atoms with Gasteiger partial charge in [0.25, 0.3) is 0 Å².